The Balaban J connectivity index is 2.51. The first-order chi connectivity index (χ1) is 6.29. The van der Waals surface area contributed by atoms with Gasteiger partial charge < -0.3 is 4.57 Å². The summed E-state index contributed by atoms with van der Waals surface area (Å²) >= 11 is 5.33. The summed E-state index contributed by atoms with van der Waals surface area (Å²) in [5.74, 6) is 1.00. The number of hydrogen-bond acceptors (Lipinski definition) is 2. The van der Waals surface area contributed by atoms with Crippen LogP contribution in [0.25, 0.3) is 0 Å². The normalized spacial score (nSPS) is 16.5. The molecule has 0 unspecified atom stereocenters. The zero-order chi connectivity index (χ0) is 9.26. The SMILES string of the molecule is Cn1ccc2c1N=CCCCC2=S. The molecular formula is C10H12N2S. The smallest absolute Gasteiger partial charge is 0.140 e. The van der Waals surface area contributed by atoms with Gasteiger partial charge in [0.1, 0.15) is 5.82 Å². The van der Waals surface area contributed by atoms with Crippen molar-refractivity contribution < 1.29 is 0 Å². The zero-order valence-electron chi connectivity index (χ0n) is 7.66. The topological polar surface area (TPSA) is 17.3 Å². The maximum absolute atomic E-state index is 5.33. The van der Waals surface area contributed by atoms with Gasteiger partial charge in [-0.1, -0.05) is 12.2 Å². The number of fused-ring (bicyclic) bond motifs is 1. The first-order valence-corrected chi connectivity index (χ1v) is 4.91. The molecule has 1 aliphatic rings. The van der Waals surface area contributed by atoms with Crippen LogP contribution in [0.3, 0.4) is 0 Å². The van der Waals surface area contributed by atoms with Crippen LogP contribution < -0.4 is 0 Å². The number of aromatic nitrogens is 1. The van der Waals surface area contributed by atoms with Crippen molar-refractivity contribution in [3.05, 3.63) is 17.8 Å². The second kappa shape index (κ2) is 3.42. The molecule has 13 heavy (non-hydrogen) atoms. The Hall–Kier alpha value is -0.960. The fourth-order valence-electron chi connectivity index (χ4n) is 1.54. The van der Waals surface area contributed by atoms with Gasteiger partial charge in [0.2, 0.25) is 0 Å². The molecule has 2 rings (SSSR count). The lowest BCUT2D eigenvalue weighted by Gasteiger charge is -2.06. The molecule has 0 bridgehead atoms. The predicted octanol–water partition coefficient (Wildman–Crippen LogP) is 2.63. The van der Waals surface area contributed by atoms with E-state index in [0.717, 1.165) is 35.5 Å². The molecular weight excluding hydrogens is 180 g/mol. The van der Waals surface area contributed by atoms with Gasteiger partial charge >= 0.3 is 0 Å². The molecule has 0 spiro atoms. The molecule has 0 amide bonds. The number of nitrogens with zero attached hydrogens (tertiary/aromatic N) is 2. The Kier molecular flexibility index (Phi) is 2.27. The predicted molar refractivity (Wildman–Crippen MR) is 59.1 cm³/mol. The number of thiocarbonyl (C=S) groups is 1. The zero-order valence-corrected chi connectivity index (χ0v) is 8.47. The third-order valence-electron chi connectivity index (χ3n) is 2.29. The minimum Gasteiger partial charge on any atom is -0.336 e. The van der Waals surface area contributed by atoms with Crippen molar-refractivity contribution in [1.29, 1.82) is 0 Å². The van der Waals surface area contributed by atoms with Crippen molar-refractivity contribution in [2.24, 2.45) is 12.0 Å². The fraction of sp³-hybridized carbons (Fsp3) is 0.400. The van der Waals surface area contributed by atoms with E-state index in [-0.39, 0.29) is 0 Å². The third kappa shape index (κ3) is 1.56. The van der Waals surface area contributed by atoms with Crippen LogP contribution in [0.1, 0.15) is 24.8 Å². The molecule has 0 saturated heterocycles. The van der Waals surface area contributed by atoms with Crippen LogP contribution in [-0.4, -0.2) is 15.6 Å². The van der Waals surface area contributed by atoms with Crippen molar-refractivity contribution >= 4 is 29.1 Å². The number of aliphatic imine (C=N–C) groups is 1. The quantitative estimate of drug-likeness (QED) is 0.578. The van der Waals surface area contributed by atoms with Gasteiger partial charge in [-0.05, 0) is 25.3 Å². The molecule has 0 radical (unpaired) electrons. The summed E-state index contributed by atoms with van der Waals surface area (Å²) < 4.78 is 2.02. The first-order valence-electron chi connectivity index (χ1n) is 4.50. The average molecular weight is 192 g/mol. The van der Waals surface area contributed by atoms with E-state index in [9.17, 15) is 0 Å². The van der Waals surface area contributed by atoms with Crippen LogP contribution in [0, 0.1) is 0 Å². The van der Waals surface area contributed by atoms with Gasteiger partial charge in [0, 0.05) is 29.9 Å². The molecule has 0 aromatic carbocycles. The van der Waals surface area contributed by atoms with Crippen molar-refractivity contribution in [2.45, 2.75) is 19.3 Å². The van der Waals surface area contributed by atoms with E-state index in [1.54, 1.807) is 0 Å². The summed E-state index contributed by atoms with van der Waals surface area (Å²) in [6.07, 6.45) is 7.17. The van der Waals surface area contributed by atoms with Crippen LogP contribution >= 0.6 is 12.2 Å². The highest BCUT2D eigenvalue weighted by molar-refractivity contribution is 7.80. The van der Waals surface area contributed by atoms with Crippen molar-refractivity contribution in [1.82, 2.24) is 4.57 Å². The highest BCUT2D eigenvalue weighted by Gasteiger charge is 2.11. The maximum atomic E-state index is 5.33. The Bertz CT molecular complexity index is 363. The standard InChI is InChI=1S/C10H12N2S/c1-12-7-5-8-9(13)4-2-3-6-11-10(8)12/h5-7H,2-4H2,1H3. The first kappa shape index (κ1) is 8.63. The molecule has 0 saturated carbocycles. The van der Waals surface area contributed by atoms with E-state index < -0.39 is 0 Å². The molecule has 1 aromatic heterocycles. The Morgan fingerprint density at radius 3 is 3.23 bits per heavy atom. The van der Waals surface area contributed by atoms with Crippen molar-refractivity contribution in [3.63, 3.8) is 0 Å². The number of hydrogen-bond donors (Lipinski definition) is 0. The molecule has 3 heteroatoms. The summed E-state index contributed by atoms with van der Waals surface area (Å²) in [5, 5.41) is 0. The monoisotopic (exact) mass is 192 g/mol. The molecule has 0 aliphatic carbocycles. The van der Waals surface area contributed by atoms with E-state index >= 15 is 0 Å². The lowest BCUT2D eigenvalue weighted by Crippen LogP contribution is -2.00. The average Bonchev–Trinajstić information content (AvgIpc) is 2.43. The van der Waals surface area contributed by atoms with E-state index in [0.29, 0.717) is 0 Å². The molecule has 0 fully saturated rings. The molecule has 1 aromatic rings. The second-order valence-corrected chi connectivity index (χ2v) is 3.78. The molecule has 1 aliphatic heterocycles. The van der Waals surface area contributed by atoms with Gasteiger partial charge in [-0.15, -0.1) is 0 Å². The Morgan fingerprint density at radius 2 is 2.38 bits per heavy atom. The van der Waals surface area contributed by atoms with Crippen molar-refractivity contribution in [2.75, 3.05) is 0 Å². The van der Waals surface area contributed by atoms with E-state index in [1.807, 2.05) is 24.0 Å². The number of aryl methyl sites for hydroxylation is 1. The van der Waals surface area contributed by atoms with Crippen LogP contribution in [0.4, 0.5) is 5.82 Å². The summed E-state index contributed by atoms with van der Waals surface area (Å²) in [6.45, 7) is 0. The van der Waals surface area contributed by atoms with Gasteiger partial charge in [-0.3, -0.25) is 0 Å². The van der Waals surface area contributed by atoms with Gasteiger partial charge in [0.25, 0.3) is 0 Å². The van der Waals surface area contributed by atoms with E-state index in [4.69, 9.17) is 12.2 Å². The molecule has 0 N–H and O–H groups in total. The molecule has 2 heterocycles. The lowest BCUT2D eigenvalue weighted by atomic mass is 10.1. The molecule has 2 nitrogen and oxygen atoms in total. The minimum absolute atomic E-state index is 1.00. The summed E-state index contributed by atoms with van der Waals surface area (Å²) in [6, 6.07) is 2.06. The Morgan fingerprint density at radius 1 is 1.54 bits per heavy atom. The highest BCUT2D eigenvalue weighted by atomic mass is 32.1. The maximum Gasteiger partial charge on any atom is 0.140 e. The minimum atomic E-state index is 1.00. The van der Waals surface area contributed by atoms with Crippen LogP contribution in [-0.2, 0) is 7.05 Å². The van der Waals surface area contributed by atoms with Crippen LogP contribution in [0.2, 0.25) is 0 Å². The Labute approximate surface area is 83.3 Å². The summed E-state index contributed by atoms with van der Waals surface area (Å²) in [4.78, 5) is 5.46. The highest BCUT2D eigenvalue weighted by Crippen LogP contribution is 2.24. The molecule has 0 atom stereocenters. The van der Waals surface area contributed by atoms with Crippen LogP contribution in [0.5, 0.6) is 0 Å². The summed E-state index contributed by atoms with van der Waals surface area (Å²) in [7, 11) is 2.00. The van der Waals surface area contributed by atoms with Gasteiger partial charge in [0.05, 0.1) is 0 Å². The second-order valence-electron chi connectivity index (χ2n) is 3.29. The van der Waals surface area contributed by atoms with E-state index in [2.05, 4.69) is 11.1 Å². The summed E-state index contributed by atoms with van der Waals surface area (Å²) in [5.41, 5.74) is 1.13. The van der Waals surface area contributed by atoms with Crippen molar-refractivity contribution in [3.8, 4) is 0 Å². The van der Waals surface area contributed by atoms with E-state index in [1.165, 1.54) is 0 Å². The largest absolute Gasteiger partial charge is 0.336 e. The molecule has 68 valence electrons. The van der Waals surface area contributed by atoms with Gasteiger partial charge in [0.15, 0.2) is 0 Å². The van der Waals surface area contributed by atoms with Crippen LogP contribution in [0.15, 0.2) is 17.3 Å². The number of rotatable bonds is 0. The van der Waals surface area contributed by atoms with Gasteiger partial charge in [-0.25, -0.2) is 4.99 Å². The lowest BCUT2D eigenvalue weighted by molar-refractivity contribution is 0.906. The third-order valence-corrected chi connectivity index (χ3v) is 2.71. The fourth-order valence-corrected chi connectivity index (χ4v) is 1.84. The van der Waals surface area contributed by atoms with Gasteiger partial charge in [-0.2, -0.15) is 0 Å².